The van der Waals surface area contributed by atoms with Crippen molar-refractivity contribution < 1.29 is 4.39 Å². The second kappa shape index (κ2) is 5.19. The van der Waals surface area contributed by atoms with Crippen LogP contribution in [0.1, 0.15) is 22.1 Å². The fourth-order valence-electron chi connectivity index (χ4n) is 1.60. The summed E-state index contributed by atoms with van der Waals surface area (Å²) in [7, 11) is 0. The summed E-state index contributed by atoms with van der Waals surface area (Å²) < 4.78 is 13.6. The van der Waals surface area contributed by atoms with Gasteiger partial charge in [-0.05, 0) is 46.1 Å². The zero-order valence-corrected chi connectivity index (χ0v) is 11.6. The van der Waals surface area contributed by atoms with E-state index in [9.17, 15) is 4.39 Å². The van der Waals surface area contributed by atoms with Gasteiger partial charge in [0.05, 0.1) is 9.85 Å². The van der Waals surface area contributed by atoms with E-state index < -0.39 is 0 Å². The van der Waals surface area contributed by atoms with Crippen molar-refractivity contribution in [3.63, 3.8) is 0 Å². The van der Waals surface area contributed by atoms with Crippen molar-refractivity contribution in [2.75, 3.05) is 0 Å². The molecule has 0 saturated carbocycles. The highest BCUT2D eigenvalue weighted by molar-refractivity contribution is 9.10. The molecule has 0 spiro atoms. The van der Waals surface area contributed by atoms with Gasteiger partial charge in [0, 0.05) is 0 Å². The molecule has 0 aliphatic heterocycles. The molecule has 2 aromatic carbocycles. The van der Waals surface area contributed by atoms with Crippen LogP contribution in [0, 0.1) is 12.7 Å². The summed E-state index contributed by atoms with van der Waals surface area (Å²) in [6, 6.07) is 12.9. The molecular weight excluding hydrogens is 303 g/mol. The van der Waals surface area contributed by atoms with E-state index in [4.69, 9.17) is 11.6 Å². The van der Waals surface area contributed by atoms with Crippen molar-refractivity contribution in [3.05, 3.63) is 69.4 Å². The van der Waals surface area contributed by atoms with Gasteiger partial charge in [-0.1, -0.05) is 35.9 Å². The SMILES string of the molecule is Cc1ccc(C(Cl)c2ccc(F)c(Br)c2)cc1. The first kappa shape index (κ1) is 12.6. The Balaban J connectivity index is 2.33. The van der Waals surface area contributed by atoms with Gasteiger partial charge in [0.1, 0.15) is 5.82 Å². The van der Waals surface area contributed by atoms with Crippen LogP contribution in [0.3, 0.4) is 0 Å². The van der Waals surface area contributed by atoms with Gasteiger partial charge in [0.25, 0.3) is 0 Å². The minimum absolute atomic E-state index is 0.257. The van der Waals surface area contributed by atoms with E-state index in [0.29, 0.717) is 4.47 Å². The topological polar surface area (TPSA) is 0 Å². The van der Waals surface area contributed by atoms with Gasteiger partial charge >= 0.3 is 0 Å². The van der Waals surface area contributed by atoms with E-state index in [0.717, 1.165) is 11.1 Å². The van der Waals surface area contributed by atoms with Gasteiger partial charge in [-0.25, -0.2) is 4.39 Å². The highest BCUT2D eigenvalue weighted by Gasteiger charge is 2.12. The molecule has 17 heavy (non-hydrogen) atoms. The Morgan fingerprint density at radius 1 is 1.06 bits per heavy atom. The van der Waals surface area contributed by atoms with Crippen LogP contribution in [0.2, 0.25) is 0 Å². The standard InChI is InChI=1S/C14H11BrClF/c1-9-2-4-10(5-3-9)14(16)11-6-7-13(17)12(15)8-11/h2-8,14H,1H3. The molecule has 0 heterocycles. The van der Waals surface area contributed by atoms with Crippen molar-refractivity contribution in [3.8, 4) is 0 Å². The van der Waals surface area contributed by atoms with Gasteiger partial charge in [-0.2, -0.15) is 0 Å². The number of aryl methyl sites for hydroxylation is 1. The van der Waals surface area contributed by atoms with Crippen LogP contribution in [0.4, 0.5) is 4.39 Å². The number of rotatable bonds is 2. The fraction of sp³-hybridized carbons (Fsp3) is 0.143. The number of alkyl halides is 1. The second-order valence-corrected chi connectivity index (χ2v) is 5.24. The highest BCUT2D eigenvalue weighted by Crippen LogP contribution is 2.31. The summed E-state index contributed by atoms with van der Waals surface area (Å²) in [5.74, 6) is -0.276. The van der Waals surface area contributed by atoms with E-state index in [1.165, 1.54) is 11.6 Å². The van der Waals surface area contributed by atoms with Gasteiger partial charge in [0.15, 0.2) is 0 Å². The molecule has 0 nitrogen and oxygen atoms in total. The zero-order chi connectivity index (χ0) is 12.4. The van der Waals surface area contributed by atoms with Gasteiger partial charge in [-0.15, -0.1) is 11.6 Å². The quantitative estimate of drug-likeness (QED) is 0.666. The molecule has 0 aliphatic carbocycles. The summed E-state index contributed by atoms with van der Waals surface area (Å²) in [4.78, 5) is 0. The van der Waals surface area contributed by atoms with Crippen LogP contribution < -0.4 is 0 Å². The number of halogens is 3. The van der Waals surface area contributed by atoms with E-state index in [2.05, 4.69) is 15.9 Å². The maximum Gasteiger partial charge on any atom is 0.137 e. The lowest BCUT2D eigenvalue weighted by molar-refractivity contribution is 0.620. The first-order valence-electron chi connectivity index (χ1n) is 5.23. The zero-order valence-electron chi connectivity index (χ0n) is 9.25. The predicted molar refractivity (Wildman–Crippen MR) is 73.0 cm³/mol. The smallest absolute Gasteiger partial charge is 0.137 e. The molecule has 0 fully saturated rings. The normalized spacial score (nSPS) is 12.5. The van der Waals surface area contributed by atoms with Crippen LogP contribution in [0.5, 0.6) is 0 Å². The van der Waals surface area contributed by atoms with E-state index >= 15 is 0 Å². The molecule has 0 N–H and O–H groups in total. The molecule has 0 aromatic heterocycles. The molecule has 2 aromatic rings. The third-order valence-electron chi connectivity index (χ3n) is 2.61. The molecule has 0 radical (unpaired) electrons. The van der Waals surface area contributed by atoms with Crippen LogP contribution in [0.25, 0.3) is 0 Å². The van der Waals surface area contributed by atoms with Crippen molar-refractivity contribution in [2.45, 2.75) is 12.3 Å². The Morgan fingerprint density at radius 2 is 1.65 bits per heavy atom. The number of hydrogen-bond donors (Lipinski definition) is 0. The molecule has 0 amide bonds. The molecule has 0 saturated heterocycles. The fourth-order valence-corrected chi connectivity index (χ4v) is 2.28. The summed E-state index contributed by atoms with van der Waals surface area (Å²) in [5.41, 5.74) is 3.08. The monoisotopic (exact) mass is 312 g/mol. The molecular formula is C14H11BrClF. The van der Waals surface area contributed by atoms with Crippen molar-refractivity contribution in [2.24, 2.45) is 0 Å². The van der Waals surface area contributed by atoms with Crippen molar-refractivity contribution in [1.82, 2.24) is 0 Å². The third-order valence-corrected chi connectivity index (χ3v) is 3.72. The number of benzene rings is 2. The minimum Gasteiger partial charge on any atom is -0.206 e. The maximum atomic E-state index is 13.1. The Labute approximate surface area is 114 Å². The average Bonchev–Trinajstić information content (AvgIpc) is 2.33. The van der Waals surface area contributed by atoms with Gasteiger partial charge < -0.3 is 0 Å². The predicted octanol–water partition coefficient (Wildman–Crippen LogP) is 5.22. The summed E-state index contributed by atoms with van der Waals surface area (Å²) in [6.07, 6.45) is 0. The average molecular weight is 314 g/mol. The highest BCUT2D eigenvalue weighted by atomic mass is 79.9. The summed E-state index contributed by atoms with van der Waals surface area (Å²) in [6.45, 7) is 2.03. The first-order chi connectivity index (χ1) is 8.08. The van der Waals surface area contributed by atoms with Crippen molar-refractivity contribution >= 4 is 27.5 Å². The van der Waals surface area contributed by atoms with Crippen LogP contribution >= 0.6 is 27.5 Å². The molecule has 1 atom stereocenters. The molecule has 3 heteroatoms. The molecule has 0 aliphatic rings. The van der Waals surface area contributed by atoms with Gasteiger partial charge in [0.2, 0.25) is 0 Å². The van der Waals surface area contributed by atoms with E-state index in [1.807, 2.05) is 31.2 Å². The number of hydrogen-bond acceptors (Lipinski definition) is 0. The molecule has 2 rings (SSSR count). The van der Waals surface area contributed by atoms with Crippen molar-refractivity contribution in [1.29, 1.82) is 0 Å². The lowest BCUT2D eigenvalue weighted by Crippen LogP contribution is -1.94. The lowest BCUT2D eigenvalue weighted by atomic mass is 10.0. The Hall–Kier alpha value is -0.860. The third kappa shape index (κ3) is 2.88. The van der Waals surface area contributed by atoms with E-state index in [-0.39, 0.29) is 11.2 Å². The Morgan fingerprint density at radius 3 is 2.24 bits per heavy atom. The minimum atomic E-state index is -0.276. The molecule has 1 unspecified atom stereocenters. The van der Waals surface area contributed by atoms with Crippen LogP contribution in [0.15, 0.2) is 46.9 Å². The van der Waals surface area contributed by atoms with Crippen LogP contribution in [-0.2, 0) is 0 Å². The molecule has 88 valence electrons. The van der Waals surface area contributed by atoms with Crippen LogP contribution in [-0.4, -0.2) is 0 Å². The maximum absolute atomic E-state index is 13.1. The largest absolute Gasteiger partial charge is 0.206 e. The Kier molecular flexibility index (Phi) is 3.85. The summed E-state index contributed by atoms with van der Waals surface area (Å²) in [5, 5.41) is -0.257. The second-order valence-electron chi connectivity index (χ2n) is 3.95. The molecule has 0 bridgehead atoms. The van der Waals surface area contributed by atoms with Gasteiger partial charge in [-0.3, -0.25) is 0 Å². The lowest BCUT2D eigenvalue weighted by Gasteiger charge is -2.11. The first-order valence-corrected chi connectivity index (χ1v) is 6.46. The summed E-state index contributed by atoms with van der Waals surface area (Å²) >= 11 is 9.53. The van der Waals surface area contributed by atoms with E-state index in [1.54, 1.807) is 12.1 Å². The Bertz CT molecular complexity index is 522.